The molecule has 2 rings (SSSR count). The maximum absolute atomic E-state index is 12.1. The number of piperidine rings is 1. The summed E-state index contributed by atoms with van der Waals surface area (Å²) in [7, 11) is 0.972. The monoisotopic (exact) mass is 387 g/mol. The SMILES string of the molecule is CN=C(NCCS(=O)C(C)(C)C)N1CCC(OCC2CCCCO2)CC1. The Labute approximate surface area is 161 Å². The van der Waals surface area contributed by atoms with E-state index in [1.54, 1.807) is 0 Å². The maximum atomic E-state index is 12.1. The topological polar surface area (TPSA) is 63.2 Å². The molecule has 0 bridgehead atoms. The second-order valence-corrected chi connectivity index (χ2v) is 10.5. The number of nitrogens with one attached hydrogen (secondary N) is 1. The van der Waals surface area contributed by atoms with Gasteiger partial charge in [-0.1, -0.05) is 0 Å². The number of guanidine groups is 1. The molecule has 0 amide bonds. The first-order chi connectivity index (χ1) is 12.4. The van der Waals surface area contributed by atoms with E-state index in [0.29, 0.717) is 24.5 Å². The third-order valence-electron chi connectivity index (χ3n) is 5.00. The van der Waals surface area contributed by atoms with E-state index in [2.05, 4.69) is 15.2 Å². The van der Waals surface area contributed by atoms with Gasteiger partial charge in [0.2, 0.25) is 0 Å². The second-order valence-electron chi connectivity index (χ2n) is 8.14. The average molecular weight is 388 g/mol. The van der Waals surface area contributed by atoms with Gasteiger partial charge < -0.3 is 19.7 Å². The first kappa shape index (κ1) is 21.6. The first-order valence-electron chi connectivity index (χ1n) is 9.97. The average Bonchev–Trinajstić information content (AvgIpc) is 2.64. The van der Waals surface area contributed by atoms with Gasteiger partial charge in [0.05, 0.1) is 18.8 Å². The zero-order valence-corrected chi connectivity index (χ0v) is 17.8. The van der Waals surface area contributed by atoms with Crippen molar-refractivity contribution in [2.45, 2.75) is 69.8 Å². The van der Waals surface area contributed by atoms with E-state index in [4.69, 9.17) is 9.47 Å². The van der Waals surface area contributed by atoms with E-state index in [1.165, 1.54) is 12.8 Å². The number of hydrogen-bond donors (Lipinski definition) is 1. The molecule has 2 aliphatic heterocycles. The quantitative estimate of drug-likeness (QED) is 0.559. The normalized spacial score (nSPS) is 24.5. The minimum Gasteiger partial charge on any atom is -0.376 e. The van der Waals surface area contributed by atoms with Crippen molar-refractivity contribution in [2.24, 2.45) is 4.99 Å². The lowest BCUT2D eigenvalue weighted by molar-refractivity contribution is -0.0721. The fourth-order valence-corrected chi connectivity index (χ4v) is 4.21. The summed E-state index contributed by atoms with van der Waals surface area (Å²) in [5.74, 6) is 1.55. The third kappa shape index (κ3) is 7.16. The van der Waals surface area contributed by atoms with Crippen LogP contribution in [0, 0.1) is 0 Å². The molecule has 0 spiro atoms. The summed E-state index contributed by atoms with van der Waals surface area (Å²) in [5.41, 5.74) is 0. The number of hydrogen-bond acceptors (Lipinski definition) is 4. The Morgan fingerprint density at radius 2 is 2.00 bits per heavy atom. The van der Waals surface area contributed by atoms with E-state index in [-0.39, 0.29) is 4.75 Å². The lowest BCUT2D eigenvalue weighted by Gasteiger charge is -2.35. The predicted octanol–water partition coefficient (Wildman–Crippen LogP) is 2.16. The molecule has 0 aromatic heterocycles. The minimum absolute atomic E-state index is 0.164. The Morgan fingerprint density at radius 1 is 1.27 bits per heavy atom. The molecule has 7 heteroatoms. The van der Waals surface area contributed by atoms with E-state index in [9.17, 15) is 4.21 Å². The van der Waals surface area contributed by atoms with Crippen LogP contribution in [-0.2, 0) is 20.3 Å². The fraction of sp³-hybridized carbons (Fsp3) is 0.947. The van der Waals surface area contributed by atoms with E-state index >= 15 is 0 Å². The van der Waals surface area contributed by atoms with Gasteiger partial charge in [-0.2, -0.15) is 0 Å². The molecule has 2 aliphatic rings. The molecular weight excluding hydrogens is 350 g/mol. The maximum Gasteiger partial charge on any atom is 0.193 e. The van der Waals surface area contributed by atoms with E-state index < -0.39 is 10.8 Å². The molecule has 0 radical (unpaired) electrons. The van der Waals surface area contributed by atoms with Crippen LogP contribution in [0.25, 0.3) is 0 Å². The Balaban J connectivity index is 1.65. The molecule has 1 N–H and O–H groups in total. The van der Waals surface area contributed by atoms with Crippen LogP contribution in [0.2, 0.25) is 0 Å². The number of ether oxygens (including phenoxy) is 2. The van der Waals surface area contributed by atoms with Crippen molar-refractivity contribution in [3.8, 4) is 0 Å². The molecule has 0 saturated carbocycles. The van der Waals surface area contributed by atoms with Gasteiger partial charge in [0.25, 0.3) is 0 Å². The summed E-state index contributed by atoms with van der Waals surface area (Å²) >= 11 is 0. The molecular formula is C19H37N3O3S. The largest absolute Gasteiger partial charge is 0.376 e. The molecule has 6 nitrogen and oxygen atoms in total. The fourth-order valence-electron chi connectivity index (χ4n) is 3.31. The van der Waals surface area contributed by atoms with Crippen molar-refractivity contribution in [3.63, 3.8) is 0 Å². The van der Waals surface area contributed by atoms with Crippen LogP contribution in [0.5, 0.6) is 0 Å². The van der Waals surface area contributed by atoms with Crippen molar-refractivity contribution < 1.29 is 13.7 Å². The van der Waals surface area contributed by atoms with Crippen molar-refractivity contribution in [1.29, 1.82) is 0 Å². The van der Waals surface area contributed by atoms with Gasteiger partial charge in [0.15, 0.2) is 5.96 Å². The highest BCUT2D eigenvalue weighted by molar-refractivity contribution is 7.86. The van der Waals surface area contributed by atoms with Crippen LogP contribution in [0.3, 0.4) is 0 Å². The van der Waals surface area contributed by atoms with Gasteiger partial charge in [-0.15, -0.1) is 0 Å². The Kier molecular flexibility index (Phi) is 8.84. The summed E-state index contributed by atoms with van der Waals surface area (Å²) < 4.78 is 23.8. The zero-order valence-electron chi connectivity index (χ0n) is 17.0. The molecule has 0 aliphatic carbocycles. The number of aliphatic imine (C=N–C) groups is 1. The van der Waals surface area contributed by atoms with E-state index in [0.717, 1.165) is 51.5 Å². The molecule has 2 fully saturated rings. The highest BCUT2D eigenvalue weighted by Crippen LogP contribution is 2.18. The van der Waals surface area contributed by atoms with Crippen LogP contribution in [-0.4, -0.2) is 77.7 Å². The Hall–Kier alpha value is -0.660. The standard InChI is InChI=1S/C19H37N3O3S/c1-19(2,3)26(23)14-10-21-18(20-4)22-11-8-16(9-12-22)25-15-17-7-5-6-13-24-17/h16-17H,5-15H2,1-4H3,(H,20,21). The van der Waals surface area contributed by atoms with Crippen LogP contribution in [0.1, 0.15) is 52.9 Å². The van der Waals surface area contributed by atoms with Crippen LogP contribution in [0.4, 0.5) is 0 Å². The van der Waals surface area contributed by atoms with Crippen molar-refractivity contribution in [1.82, 2.24) is 10.2 Å². The minimum atomic E-state index is -0.840. The number of likely N-dealkylation sites (tertiary alicyclic amines) is 1. The van der Waals surface area contributed by atoms with Gasteiger partial charge in [0.1, 0.15) is 0 Å². The molecule has 0 aromatic carbocycles. The summed E-state index contributed by atoms with van der Waals surface area (Å²) in [6, 6.07) is 0. The number of rotatable bonds is 6. The molecule has 2 saturated heterocycles. The van der Waals surface area contributed by atoms with Crippen LogP contribution >= 0.6 is 0 Å². The highest BCUT2D eigenvalue weighted by Gasteiger charge is 2.24. The van der Waals surface area contributed by atoms with Crippen molar-refractivity contribution in [3.05, 3.63) is 0 Å². The Morgan fingerprint density at radius 3 is 2.58 bits per heavy atom. The zero-order chi connectivity index (χ0) is 19.0. The lowest BCUT2D eigenvalue weighted by atomic mass is 10.1. The van der Waals surface area contributed by atoms with Gasteiger partial charge in [-0.3, -0.25) is 9.20 Å². The number of nitrogens with zero attached hydrogens (tertiary/aromatic N) is 2. The van der Waals surface area contributed by atoms with Crippen molar-refractivity contribution in [2.75, 3.05) is 45.6 Å². The Bertz CT molecular complexity index is 465. The second kappa shape index (κ2) is 10.6. The van der Waals surface area contributed by atoms with Crippen LogP contribution < -0.4 is 5.32 Å². The van der Waals surface area contributed by atoms with E-state index in [1.807, 2.05) is 27.8 Å². The summed E-state index contributed by atoms with van der Waals surface area (Å²) in [6.45, 7) is 10.2. The van der Waals surface area contributed by atoms with Crippen molar-refractivity contribution >= 4 is 16.8 Å². The predicted molar refractivity (Wildman–Crippen MR) is 108 cm³/mol. The molecule has 26 heavy (non-hydrogen) atoms. The summed E-state index contributed by atoms with van der Waals surface area (Å²) in [5, 5.41) is 3.36. The van der Waals surface area contributed by atoms with Gasteiger partial charge in [0, 0.05) is 54.6 Å². The molecule has 2 atom stereocenters. The van der Waals surface area contributed by atoms with Crippen LogP contribution in [0.15, 0.2) is 4.99 Å². The summed E-state index contributed by atoms with van der Waals surface area (Å²) in [6.07, 6.45) is 6.22. The van der Waals surface area contributed by atoms with Gasteiger partial charge in [-0.25, -0.2) is 0 Å². The molecule has 2 unspecified atom stereocenters. The van der Waals surface area contributed by atoms with Gasteiger partial charge in [-0.05, 0) is 52.9 Å². The first-order valence-corrected chi connectivity index (χ1v) is 11.3. The smallest absolute Gasteiger partial charge is 0.193 e. The third-order valence-corrected chi connectivity index (χ3v) is 6.94. The molecule has 2 heterocycles. The van der Waals surface area contributed by atoms with Gasteiger partial charge >= 0.3 is 0 Å². The lowest BCUT2D eigenvalue weighted by Crippen LogP contribution is -2.48. The molecule has 152 valence electrons. The molecule has 0 aromatic rings. The summed E-state index contributed by atoms with van der Waals surface area (Å²) in [4.78, 5) is 6.66. The highest BCUT2D eigenvalue weighted by atomic mass is 32.2.